The van der Waals surface area contributed by atoms with Crippen molar-refractivity contribution in [1.29, 1.82) is 0 Å². The van der Waals surface area contributed by atoms with Crippen LogP contribution in [0.2, 0.25) is 5.02 Å². The first kappa shape index (κ1) is 27.2. The largest absolute Gasteiger partial charge is 0.433 e. The van der Waals surface area contributed by atoms with Gasteiger partial charge in [-0.15, -0.1) is 0 Å². The van der Waals surface area contributed by atoms with E-state index in [1.54, 1.807) is 29.2 Å². The van der Waals surface area contributed by atoms with Gasteiger partial charge in [-0.1, -0.05) is 48.0 Å². The van der Waals surface area contributed by atoms with Crippen LogP contribution in [0.15, 0.2) is 71.5 Å². The number of halogens is 4. The van der Waals surface area contributed by atoms with Gasteiger partial charge in [-0.3, -0.25) is 9.59 Å². The van der Waals surface area contributed by atoms with Crippen molar-refractivity contribution < 1.29 is 18.0 Å². The number of aromatic amines is 1. The lowest BCUT2D eigenvalue weighted by Gasteiger charge is -2.21. The second-order valence-corrected chi connectivity index (χ2v) is 11.1. The molecule has 0 bridgehead atoms. The van der Waals surface area contributed by atoms with Gasteiger partial charge in [-0.25, -0.2) is 9.97 Å². The van der Waals surface area contributed by atoms with Gasteiger partial charge in [0, 0.05) is 17.1 Å². The highest BCUT2D eigenvalue weighted by molar-refractivity contribution is 6.30. The van der Waals surface area contributed by atoms with Crippen LogP contribution in [0.4, 0.5) is 13.2 Å². The highest BCUT2D eigenvalue weighted by Gasteiger charge is 2.48. The van der Waals surface area contributed by atoms with Crippen molar-refractivity contribution in [2.24, 2.45) is 0 Å². The molecule has 1 N–H and O–H groups in total. The maximum absolute atomic E-state index is 13.3. The van der Waals surface area contributed by atoms with Crippen LogP contribution in [-0.4, -0.2) is 32.3 Å². The third-order valence-electron chi connectivity index (χ3n) is 7.84. The Bertz CT molecular complexity index is 1700. The number of fused-ring (bicyclic) bond motifs is 1. The minimum atomic E-state index is -4.55. The van der Waals surface area contributed by atoms with Gasteiger partial charge in [0.1, 0.15) is 11.5 Å². The third kappa shape index (κ3) is 5.51. The number of rotatable bonds is 5. The molecule has 2 aromatic carbocycles. The van der Waals surface area contributed by atoms with Gasteiger partial charge in [-0.05, 0) is 67.1 Å². The van der Waals surface area contributed by atoms with Crippen LogP contribution in [0.25, 0.3) is 11.3 Å². The first-order valence-corrected chi connectivity index (χ1v) is 13.8. The molecule has 2 aliphatic rings. The summed E-state index contributed by atoms with van der Waals surface area (Å²) in [5.41, 5.74) is 1.99. The molecule has 0 saturated heterocycles. The summed E-state index contributed by atoms with van der Waals surface area (Å²) in [6, 6.07) is 18.2. The summed E-state index contributed by atoms with van der Waals surface area (Å²) in [5.74, 6) is 0.469. The number of H-pyrrole nitrogens is 1. The molecule has 1 aliphatic heterocycles. The Hall–Kier alpha value is -3.98. The van der Waals surface area contributed by atoms with Crippen molar-refractivity contribution in [3.05, 3.63) is 116 Å². The first-order valence-electron chi connectivity index (χ1n) is 13.4. The number of alkyl halides is 3. The number of carbonyl (C=O) groups excluding carboxylic acids is 1. The monoisotopic (exact) mass is 578 g/mol. The van der Waals surface area contributed by atoms with Crippen molar-refractivity contribution in [2.45, 2.75) is 50.2 Å². The number of pyridine rings is 1. The molecule has 1 amide bonds. The number of aromatic nitrogens is 3. The van der Waals surface area contributed by atoms with E-state index in [-0.39, 0.29) is 35.5 Å². The van der Waals surface area contributed by atoms with E-state index >= 15 is 0 Å². The number of hydrogen-bond donors (Lipinski definition) is 1. The van der Waals surface area contributed by atoms with Crippen LogP contribution in [0, 0.1) is 0 Å². The Kier molecular flexibility index (Phi) is 6.93. The zero-order valence-corrected chi connectivity index (χ0v) is 22.7. The smallest absolute Gasteiger partial charge is 0.338 e. The topological polar surface area (TPSA) is 79.0 Å². The minimum Gasteiger partial charge on any atom is -0.338 e. The van der Waals surface area contributed by atoms with Gasteiger partial charge in [0.05, 0.1) is 35.3 Å². The van der Waals surface area contributed by atoms with Crippen molar-refractivity contribution in [3.63, 3.8) is 0 Å². The van der Waals surface area contributed by atoms with Crippen LogP contribution < -0.4 is 5.56 Å². The fraction of sp³-hybridized carbons (Fsp3) is 0.290. The Labute approximate surface area is 239 Å². The minimum absolute atomic E-state index is 0.0451. The number of benzene rings is 2. The molecule has 2 aromatic heterocycles. The molecule has 4 aromatic rings. The van der Waals surface area contributed by atoms with Crippen molar-refractivity contribution in [1.82, 2.24) is 19.9 Å². The molecule has 1 fully saturated rings. The molecule has 3 heterocycles. The summed E-state index contributed by atoms with van der Waals surface area (Å²) in [5, 5.41) is 0.636. The molecule has 1 aliphatic carbocycles. The Morgan fingerprint density at radius 3 is 2.56 bits per heavy atom. The Balaban J connectivity index is 1.21. The van der Waals surface area contributed by atoms with E-state index < -0.39 is 11.9 Å². The second-order valence-electron chi connectivity index (χ2n) is 10.6. The molecule has 210 valence electrons. The predicted molar refractivity (Wildman–Crippen MR) is 148 cm³/mol. The second kappa shape index (κ2) is 10.4. The van der Waals surface area contributed by atoms with E-state index in [1.807, 2.05) is 24.3 Å². The van der Waals surface area contributed by atoms with E-state index in [1.165, 1.54) is 12.1 Å². The van der Waals surface area contributed by atoms with Gasteiger partial charge in [-0.2, -0.15) is 13.2 Å². The Morgan fingerprint density at radius 1 is 1.02 bits per heavy atom. The molecule has 10 heteroatoms. The van der Waals surface area contributed by atoms with Gasteiger partial charge in [0.25, 0.3) is 5.56 Å². The molecule has 0 radical (unpaired) electrons. The zero-order valence-electron chi connectivity index (χ0n) is 22.0. The molecule has 0 atom stereocenters. The van der Waals surface area contributed by atoms with Gasteiger partial charge < -0.3 is 9.88 Å². The highest BCUT2D eigenvalue weighted by atomic mass is 35.5. The summed E-state index contributed by atoms with van der Waals surface area (Å²) < 4.78 is 39.4. The average molecular weight is 579 g/mol. The van der Waals surface area contributed by atoms with Crippen LogP contribution in [0.1, 0.15) is 53.2 Å². The standard InChI is InChI=1S/C31H26ClF3N4O2/c32-22-8-2-7-21(17-22)30(12-13-30)29-37-25-10-4-14-39(18-23(25)28(41)38-29)27(40)16-19-5-1-6-20(15-19)24-9-3-11-26(36-24)31(33,34)35/h1-3,5-9,11,15,17H,4,10,12-14,16,18H2,(H,37,38,41). The Morgan fingerprint density at radius 2 is 1.80 bits per heavy atom. The fourth-order valence-electron chi connectivity index (χ4n) is 5.51. The lowest BCUT2D eigenvalue weighted by molar-refractivity contribution is -0.141. The SMILES string of the molecule is O=C(Cc1cccc(-c2cccc(C(F)(F)F)n2)c1)N1CCCc2nc(C3(c4cccc(Cl)c4)CC3)[nH]c(=O)c2C1. The average Bonchev–Trinajstić information content (AvgIpc) is 3.77. The highest BCUT2D eigenvalue weighted by Crippen LogP contribution is 2.52. The number of aryl methyl sites for hydroxylation is 1. The zero-order chi connectivity index (χ0) is 28.8. The number of hydrogen-bond acceptors (Lipinski definition) is 4. The molecule has 0 unspecified atom stereocenters. The van der Waals surface area contributed by atoms with Crippen molar-refractivity contribution >= 4 is 17.5 Å². The van der Waals surface area contributed by atoms with Crippen LogP contribution >= 0.6 is 11.6 Å². The van der Waals surface area contributed by atoms with Gasteiger partial charge >= 0.3 is 6.18 Å². The quantitative estimate of drug-likeness (QED) is 0.310. The molecule has 6 rings (SSSR count). The van der Waals surface area contributed by atoms with E-state index in [9.17, 15) is 22.8 Å². The normalized spacial score (nSPS) is 16.1. The third-order valence-corrected chi connectivity index (χ3v) is 8.08. The maximum Gasteiger partial charge on any atom is 0.433 e. The van der Waals surface area contributed by atoms with E-state index in [0.29, 0.717) is 52.6 Å². The number of carbonyl (C=O) groups is 1. The number of nitrogens with zero attached hydrogens (tertiary/aromatic N) is 3. The number of nitrogens with one attached hydrogen (secondary N) is 1. The van der Waals surface area contributed by atoms with Crippen LogP contribution in [-0.2, 0) is 35.8 Å². The maximum atomic E-state index is 13.3. The predicted octanol–water partition coefficient (Wildman–Crippen LogP) is 6.10. The van der Waals surface area contributed by atoms with Gasteiger partial charge in [0.2, 0.25) is 5.91 Å². The summed E-state index contributed by atoms with van der Waals surface area (Å²) in [7, 11) is 0. The molecular weight excluding hydrogens is 553 g/mol. The van der Waals surface area contributed by atoms with E-state index in [0.717, 1.165) is 24.5 Å². The lowest BCUT2D eigenvalue weighted by atomic mass is 9.94. The van der Waals surface area contributed by atoms with Crippen molar-refractivity contribution in [3.8, 4) is 11.3 Å². The summed E-state index contributed by atoms with van der Waals surface area (Å²) in [6.45, 7) is 0.619. The summed E-state index contributed by atoms with van der Waals surface area (Å²) in [4.78, 5) is 39.9. The molecule has 0 spiro atoms. The first-order chi connectivity index (χ1) is 19.6. The molecule has 41 heavy (non-hydrogen) atoms. The van der Waals surface area contributed by atoms with E-state index in [4.69, 9.17) is 16.6 Å². The van der Waals surface area contributed by atoms with E-state index in [2.05, 4.69) is 9.97 Å². The van der Waals surface area contributed by atoms with Gasteiger partial charge in [0.15, 0.2) is 0 Å². The molecule has 1 saturated carbocycles. The summed E-state index contributed by atoms with van der Waals surface area (Å²) >= 11 is 6.23. The van der Waals surface area contributed by atoms with Crippen LogP contribution in [0.3, 0.4) is 0 Å². The van der Waals surface area contributed by atoms with Crippen LogP contribution in [0.5, 0.6) is 0 Å². The molecule has 6 nitrogen and oxygen atoms in total. The lowest BCUT2D eigenvalue weighted by Crippen LogP contribution is -2.34. The summed E-state index contributed by atoms with van der Waals surface area (Å²) in [6.07, 6.45) is -1.52. The fourth-order valence-corrected chi connectivity index (χ4v) is 5.71. The molecular formula is C31H26ClF3N4O2. The number of amides is 1. The van der Waals surface area contributed by atoms with Crippen molar-refractivity contribution in [2.75, 3.05) is 6.54 Å².